The molecule has 0 unspecified atom stereocenters. The van der Waals surface area contributed by atoms with Crippen molar-refractivity contribution in [3.63, 3.8) is 0 Å². The molecule has 19 heavy (non-hydrogen) atoms. The molecular weight excluding hydrogens is 254 g/mol. The summed E-state index contributed by atoms with van der Waals surface area (Å²) >= 11 is 1.69. The molecular formula is C16H19NOS. The smallest absolute Gasteiger partial charge is 0.264 e. The minimum atomic E-state index is 0.143. The van der Waals surface area contributed by atoms with Gasteiger partial charge >= 0.3 is 0 Å². The zero-order valence-electron chi connectivity index (χ0n) is 11.2. The van der Waals surface area contributed by atoms with Crippen molar-refractivity contribution in [2.24, 2.45) is 5.92 Å². The molecule has 1 amide bonds. The number of thiophene rings is 1. The van der Waals surface area contributed by atoms with Gasteiger partial charge in [0, 0.05) is 11.4 Å². The predicted octanol–water partition coefficient (Wildman–Crippen LogP) is 3.11. The Balaban J connectivity index is 1.76. The molecule has 1 heterocycles. The molecule has 1 saturated carbocycles. The number of carbonyl (C=O) groups excluding carboxylic acids is 1. The van der Waals surface area contributed by atoms with Crippen LogP contribution in [0.2, 0.25) is 0 Å². The van der Waals surface area contributed by atoms with Crippen LogP contribution in [0.3, 0.4) is 0 Å². The van der Waals surface area contributed by atoms with Gasteiger partial charge in [-0.15, -0.1) is 17.8 Å². The number of fused-ring (bicyclic) bond motifs is 1. The molecule has 1 aromatic heterocycles. The van der Waals surface area contributed by atoms with E-state index in [1.807, 2.05) is 4.90 Å². The van der Waals surface area contributed by atoms with Crippen LogP contribution in [0.15, 0.2) is 6.07 Å². The van der Waals surface area contributed by atoms with Gasteiger partial charge in [0.25, 0.3) is 5.91 Å². The molecule has 3 heteroatoms. The van der Waals surface area contributed by atoms with Gasteiger partial charge in [-0.2, -0.15) is 0 Å². The first kappa shape index (κ1) is 12.7. The molecule has 0 aromatic carbocycles. The maximum atomic E-state index is 12.6. The van der Waals surface area contributed by atoms with Crippen molar-refractivity contribution in [1.82, 2.24) is 4.90 Å². The van der Waals surface area contributed by atoms with E-state index in [1.165, 1.54) is 36.1 Å². The SMILES string of the molecule is C#CCN(CC1CC1)C(=O)c1cc2c(s1)CCCC2. The number of rotatable bonds is 4. The average Bonchev–Trinajstić information content (AvgIpc) is 3.13. The van der Waals surface area contributed by atoms with E-state index in [1.54, 1.807) is 11.3 Å². The Hall–Kier alpha value is -1.27. The van der Waals surface area contributed by atoms with Crippen LogP contribution in [0.5, 0.6) is 0 Å². The lowest BCUT2D eigenvalue weighted by atomic mass is 9.99. The third kappa shape index (κ3) is 2.84. The summed E-state index contributed by atoms with van der Waals surface area (Å²) in [5.74, 6) is 3.45. The lowest BCUT2D eigenvalue weighted by Gasteiger charge is -2.19. The van der Waals surface area contributed by atoms with Gasteiger partial charge < -0.3 is 4.90 Å². The summed E-state index contributed by atoms with van der Waals surface area (Å²) < 4.78 is 0. The average molecular weight is 273 g/mol. The molecule has 0 radical (unpaired) electrons. The summed E-state index contributed by atoms with van der Waals surface area (Å²) in [5, 5.41) is 0. The van der Waals surface area contributed by atoms with Crippen molar-refractivity contribution < 1.29 is 4.79 Å². The van der Waals surface area contributed by atoms with Gasteiger partial charge in [0.15, 0.2) is 0 Å². The van der Waals surface area contributed by atoms with Crippen LogP contribution in [0.25, 0.3) is 0 Å². The molecule has 2 aliphatic carbocycles. The number of hydrogen-bond acceptors (Lipinski definition) is 2. The van der Waals surface area contributed by atoms with Crippen LogP contribution in [0, 0.1) is 18.3 Å². The van der Waals surface area contributed by atoms with Crippen molar-refractivity contribution in [1.29, 1.82) is 0 Å². The van der Waals surface area contributed by atoms with Crippen LogP contribution >= 0.6 is 11.3 Å². The predicted molar refractivity (Wildman–Crippen MR) is 78.4 cm³/mol. The molecule has 3 rings (SSSR count). The van der Waals surface area contributed by atoms with Crippen LogP contribution in [0.1, 0.15) is 45.8 Å². The van der Waals surface area contributed by atoms with Crippen LogP contribution in [-0.4, -0.2) is 23.9 Å². The first-order valence-corrected chi connectivity index (χ1v) is 7.94. The van der Waals surface area contributed by atoms with E-state index in [-0.39, 0.29) is 5.91 Å². The largest absolute Gasteiger partial charge is 0.327 e. The zero-order valence-corrected chi connectivity index (χ0v) is 12.0. The number of amides is 1. The Morgan fingerprint density at radius 1 is 1.42 bits per heavy atom. The van der Waals surface area contributed by atoms with Crippen molar-refractivity contribution in [2.75, 3.05) is 13.1 Å². The first-order chi connectivity index (χ1) is 9.28. The fourth-order valence-corrected chi connectivity index (χ4v) is 3.91. The normalized spacial score (nSPS) is 17.6. The lowest BCUT2D eigenvalue weighted by molar-refractivity contribution is 0.0774. The fourth-order valence-electron chi connectivity index (χ4n) is 2.69. The Morgan fingerprint density at radius 3 is 2.89 bits per heavy atom. The molecule has 1 fully saturated rings. The van der Waals surface area contributed by atoms with Gasteiger partial charge in [-0.05, 0) is 56.1 Å². The summed E-state index contributed by atoms with van der Waals surface area (Å²) in [6.07, 6.45) is 12.7. The molecule has 0 bridgehead atoms. The maximum absolute atomic E-state index is 12.6. The summed E-state index contributed by atoms with van der Waals surface area (Å²) in [4.78, 5) is 16.7. The van der Waals surface area contributed by atoms with E-state index in [0.717, 1.165) is 24.3 Å². The molecule has 0 saturated heterocycles. The number of terminal acetylenes is 1. The van der Waals surface area contributed by atoms with Crippen LogP contribution in [0.4, 0.5) is 0 Å². The van der Waals surface area contributed by atoms with Gasteiger partial charge in [0.05, 0.1) is 11.4 Å². The summed E-state index contributed by atoms with van der Waals surface area (Å²) in [6, 6.07) is 2.11. The molecule has 2 nitrogen and oxygen atoms in total. The first-order valence-electron chi connectivity index (χ1n) is 7.12. The number of aryl methyl sites for hydroxylation is 2. The monoisotopic (exact) mass is 273 g/mol. The Labute approximate surface area is 118 Å². The highest BCUT2D eigenvalue weighted by atomic mass is 32.1. The van der Waals surface area contributed by atoms with Crippen molar-refractivity contribution in [3.05, 3.63) is 21.4 Å². The van der Waals surface area contributed by atoms with E-state index in [2.05, 4.69) is 12.0 Å². The minimum absolute atomic E-state index is 0.143. The highest BCUT2D eigenvalue weighted by molar-refractivity contribution is 7.14. The number of hydrogen-bond donors (Lipinski definition) is 0. The molecule has 2 aliphatic rings. The molecule has 0 N–H and O–H groups in total. The topological polar surface area (TPSA) is 20.3 Å². The van der Waals surface area contributed by atoms with Crippen LogP contribution < -0.4 is 0 Å². The lowest BCUT2D eigenvalue weighted by Crippen LogP contribution is -2.32. The number of carbonyl (C=O) groups is 1. The van der Waals surface area contributed by atoms with Gasteiger partial charge in [-0.25, -0.2) is 0 Å². The fraction of sp³-hybridized carbons (Fsp3) is 0.562. The summed E-state index contributed by atoms with van der Waals surface area (Å²) in [7, 11) is 0. The maximum Gasteiger partial charge on any atom is 0.264 e. The van der Waals surface area contributed by atoms with E-state index in [0.29, 0.717) is 12.5 Å². The Kier molecular flexibility index (Phi) is 3.61. The van der Waals surface area contributed by atoms with Crippen molar-refractivity contribution in [3.8, 4) is 12.3 Å². The zero-order chi connectivity index (χ0) is 13.2. The second-order valence-electron chi connectivity index (χ2n) is 5.60. The van der Waals surface area contributed by atoms with E-state index < -0.39 is 0 Å². The van der Waals surface area contributed by atoms with Gasteiger partial charge in [0.1, 0.15) is 0 Å². The van der Waals surface area contributed by atoms with Crippen molar-refractivity contribution >= 4 is 17.2 Å². The van der Waals surface area contributed by atoms with Gasteiger partial charge in [0.2, 0.25) is 0 Å². The molecule has 1 aromatic rings. The molecule has 0 spiro atoms. The van der Waals surface area contributed by atoms with E-state index in [4.69, 9.17) is 6.42 Å². The summed E-state index contributed by atoms with van der Waals surface area (Å²) in [5.41, 5.74) is 1.40. The van der Waals surface area contributed by atoms with Crippen LogP contribution in [-0.2, 0) is 12.8 Å². The highest BCUT2D eigenvalue weighted by Crippen LogP contribution is 2.32. The third-order valence-electron chi connectivity index (χ3n) is 3.95. The quantitative estimate of drug-likeness (QED) is 0.772. The molecule has 100 valence electrons. The standard InChI is InChI=1S/C16H19NOS/c1-2-9-17(11-12-7-8-12)16(18)15-10-13-5-3-4-6-14(13)19-15/h1,10,12H,3-9,11H2. The van der Waals surface area contributed by atoms with E-state index in [9.17, 15) is 4.79 Å². The Morgan fingerprint density at radius 2 is 2.21 bits per heavy atom. The number of nitrogens with zero attached hydrogens (tertiary/aromatic N) is 1. The summed E-state index contributed by atoms with van der Waals surface area (Å²) in [6.45, 7) is 1.28. The molecule has 0 atom stereocenters. The van der Waals surface area contributed by atoms with Gasteiger partial charge in [-0.1, -0.05) is 5.92 Å². The van der Waals surface area contributed by atoms with Gasteiger partial charge in [-0.3, -0.25) is 4.79 Å². The third-order valence-corrected chi connectivity index (χ3v) is 5.18. The van der Waals surface area contributed by atoms with Crippen molar-refractivity contribution in [2.45, 2.75) is 38.5 Å². The second kappa shape index (κ2) is 5.38. The minimum Gasteiger partial charge on any atom is -0.327 e. The van der Waals surface area contributed by atoms with E-state index >= 15 is 0 Å². The second-order valence-corrected chi connectivity index (χ2v) is 6.74. The molecule has 0 aliphatic heterocycles. The Bertz CT molecular complexity index is 498. The highest BCUT2D eigenvalue weighted by Gasteiger charge is 2.28.